The number of fused-ring (bicyclic) bond motifs is 2. The predicted molar refractivity (Wildman–Crippen MR) is 214 cm³/mol. The van der Waals surface area contributed by atoms with Crippen LogP contribution < -0.4 is 20.1 Å². The summed E-state index contributed by atoms with van der Waals surface area (Å²) in [6.45, 7) is 6.62. The molecule has 2 saturated carbocycles. The van der Waals surface area contributed by atoms with Gasteiger partial charge in [0.05, 0.1) is 0 Å². The Morgan fingerprint density at radius 2 is 1.13 bits per heavy atom. The van der Waals surface area contributed by atoms with Gasteiger partial charge in [0, 0.05) is 35.8 Å². The maximum absolute atomic E-state index is 13.7. The first kappa shape index (κ1) is 38.1. The molecule has 0 aromatic heterocycles. The molecule has 2 N–H and O–H groups in total. The summed E-state index contributed by atoms with van der Waals surface area (Å²) in [6.07, 6.45) is 22.8. The van der Waals surface area contributed by atoms with Crippen LogP contribution in [0.3, 0.4) is 0 Å². The minimum absolute atomic E-state index is 0.240. The maximum atomic E-state index is 13.7. The van der Waals surface area contributed by atoms with Crippen LogP contribution in [0, 0.1) is 11.8 Å². The lowest BCUT2D eigenvalue weighted by Crippen LogP contribution is -2.59. The monoisotopic (exact) mass is 741 g/mol. The first-order chi connectivity index (χ1) is 26.5. The Morgan fingerprint density at radius 3 is 1.59 bits per heavy atom. The zero-order chi connectivity index (χ0) is 37.0. The third-order valence-electron chi connectivity index (χ3n) is 14.8. The van der Waals surface area contributed by atoms with Crippen molar-refractivity contribution in [2.75, 3.05) is 13.1 Å². The molecule has 8 atom stereocenters. The Labute approximate surface area is 325 Å². The van der Waals surface area contributed by atoms with Gasteiger partial charge in [0.2, 0.25) is 12.6 Å². The van der Waals surface area contributed by atoms with E-state index in [1.807, 2.05) is 0 Å². The molecule has 7 heteroatoms. The van der Waals surface area contributed by atoms with Crippen molar-refractivity contribution in [3.8, 4) is 11.5 Å². The van der Waals surface area contributed by atoms with Crippen LogP contribution in [0.25, 0.3) is 0 Å². The second-order valence-corrected chi connectivity index (χ2v) is 18.0. The van der Waals surface area contributed by atoms with Crippen molar-refractivity contribution in [1.29, 1.82) is 0 Å². The zero-order valence-corrected chi connectivity index (χ0v) is 33.4. The van der Waals surface area contributed by atoms with E-state index >= 15 is 0 Å². The minimum atomic E-state index is -0.712. The van der Waals surface area contributed by atoms with E-state index in [4.69, 9.17) is 18.9 Å². The summed E-state index contributed by atoms with van der Waals surface area (Å²) in [4.78, 5) is 13.7. The van der Waals surface area contributed by atoms with Gasteiger partial charge >= 0.3 is 6.16 Å². The van der Waals surface area contributed by atoms with E-state index in [0.29, 0.717) is 36.8 Å². The van der Waals surface area contributed by atoms with Gasteiger partial charge in [0.1, 0.15) is 11.5 Å². The number of ether oxygens (including phenoxy) is 4. The lowest BCUT2D eigenvalue weighted by molar-refractivity contribution is -0.113. The molecule has 296 valence electrons. The molecule has 8 rings (SSSR count). The van der Waals surface area contributed by atoms with Crippen molar-refractivity contribution in [2.45, 2.75) is 191 Å². The highest BCUT2D eigenvalue weighted by molar-refractivity contribution is 5.60. The van der Waals surface area contributed by atoms with Gasteiger partial charge in [-0.05, 0) is 136 Å². The fourth-order valence-corrected chi connectivity index (χ4v) is 12.3. The maximum Gasteiger partial charge on any atom is 0.514 e. The van der Waals surface area contributed by atoms with Gasteiger partial charge < -0.3 is 29.6 Å². The second-order valence-electron chi connectivity index (χ2n) is 18.0. The summed E-state index contributed by atoms with van der Waals surface area (Å²) in [6, 6.07) is 14.5. The van der Waals surface area contributed by atoms with Gasteiger partial charge in [0.15, 0.2) is 0 Å². The number of carbonyl (C=O) groups excluding carboxylic acids is 1. The molecule has 0 amide bonds. The first-order valence-corrected chi connectivity index (χ1v) is 22.5. The summed E-state index contributed by atoms with van der Waals surface area (Å²) < 4.78 is 25.4. The lowest BCUT2D eigenvalue weighted by atomic mass is 9.53. The molecular formula is C47H68N2O5. The van der Waals surface area contributed by atoms with Crippen LogP contribution in [0.4, 0.5) is 4.79 Å². The molecule has 2 aromatic carbocycles. The highest BCUT2D eigenvalue weighted by Crippen LogP contribution is 2.56. The van der Waals surface area contributed by atoms with E-state index < -0.39 is 18.7 Å². The van der Waals surface area contributed by atoms with Gasteiger partial charge in [-0.15, -0.1) is 0 Å². The second kappa shape index (κ2) is 17.2. The van der Waals surface area contributed by atoms with Crippen LogP contribution >= 0.6 is 0 Å². The van der Waals surface area contributed by atoms with Crippen molar-refractivity contribution in [2.24, 2.45) is 11.8 Å². The first-order valence-electron chi connectivity index (χ1n) is 22.5. The standard InChI is InChI=1S/C47H68N2O5/c1-3-5-7-9-17-43(51-35-21-19-33-29-41-37-15-11-13-23-46(37,25-27-48-41)39(33)31-35)53-45(50)54-44(18-10-8-6-4-2)52-36-22-20-34-30-42-38-16-12-14-24-47(38,26-28-49-42)40(34)32-36/h19-22,31-32,37-38,41-44,48-49H,3-18,23-30H2,1-2H3/t37-,38-,41+,42+,43?,44?,46+,47+/m0/s1. The molecule has 6 aliphatic rings. The molecule has 4 bridgehead atoms. The van der Waals surface area contributed by atoms with Crippen LogP contribution in [0.2, 0.25) is 0 Å². The molecule has 4 fully saturated rings. The highest BCUT2D eigenvalue weighted by Gasteiger charge is 2.53. The van der Waals surface area contributed by atoms with Crippen molar-refractivity contribution < 1.29 is 23.7 Å². The van der Waals surface area contributed by atoms with Crippen LogP contribution in [0.15, 0.2) is 36.4 Å². The average molecular weight is 741 g/mol. The van der Waals surface area contributed by atoms with Crippen LogP contribution in [-0.4, -0.2) is 43.9 Å². The Balaban J connectivity index is 0.980. The third kappa shape index (κ3) is 7.79. The summed E-state index contributed by atoms with van der Waals surface area (Å²) >= 11 is 0. The number of nitrogens with one attached hydrogen (secondary N) is 2. The minimum Gasteiger partial charge on any atom is -0.455 e. The third-order valence-corrected chi connectivity index (χ3v) is 14.8. The van der Waals surface area contributed by atoms with E-state index in [2.05, 4.69) is 60.9 Å². The van der Waals surface area contributed by atoms with Crippen molar-refractivity contribution in [3.63, 3.8) is 0 Å². The van der Waals surface area contributed by atoms with Gasteiger partial charge in [-0.3, -0.25) is 0 Å². The number of benzene rings is 2. The van der Waals surface area contributed by atoms with Crippen LogP contribution in [0.1, 0.15) is 165 Å². The van der Waals surface area contributed by atoms with Crippen LogP contribution in [0.5, 0.6) is 11.5 Å². The highest BCUT2D eigenvalue weighted by atomic mass is 16.8. The van der Waals surface area contributed by atoms with Gasteiger partial charge in [0.25, 0.3) is 0 Å². The Hall–Kier alpha value is -2.77. The van der Waals surface area contributed by atoms with E-state index in [-0.39, 0.29) is 10.8 Å². The zero-order valence-electron chi connectivity index (χ0n) is 33.4. The Kier molecular flexibility index (Phi) is 12.1. The quantitative estimate of drug-likeness (QED) is 0.101. The number of hydrogen-bond acceptors (Lipinski definition) is 7. The van der Waals surface area contributed by atoms with Gasteiger partial charge in [-0.2, -0.15) is 0 Å². The summed E-state index contributed by atoms with van der Waals surface area (Å²) in [5, 5.41) is 7.71. The predicted octanol–water partition coefficient (Wildman–Crippen LogP) is 10.6. The molecular weight excluding hydrogens is 673 g/mol. The molecule has 2 heterocycles. The summed E-state index contributed by atoms with van der Waals surface area (Å²) in [5.41, 5.74) is 6.37. The topological polar surface area (TPSA) is 78.1 Å². The summed E-state index contributed by atoms with van der Waals surface area (Å²) in [5.74, 6) is 3.01. The van der Waals surface area contributed by atoms with E-state index in [9.17, 15) is 4.79 Å². The lowest BCUT2D eigenvalue weighted by Gasteiger charge is -2.56. The fourth-order valence-electron chi connectivity index (χ4n) is 12.3. The molecule has 54 heavy (non-hydrogen) atoms. The van der Waals surface area contributed by atoms with E-state index in [1.165, 1.54) is 86.5 Å². The van der Waals surface area contributed by atoms with Crippen molar-refractivity contribution >= 4 is 6.16 Å². The summed E-state index contributed by atoms with van der Waals surface area (Å²) in [7, 11) is 0. The number of piperidine rings is 2. The van der Waals surface area contributed by atoms with Crippen molar-refractivity contribution in [3.05, 3.63) is 58.7 Å². The molecule has 2 unspecified atom stereocenters. The molecule has 4 aliphatic carbocycles. The molecule has 7 nitrogen and oxygen atoms in total. The Morgan fingerprint density at radius 1 is 0.648 bits per heavy atom. The van der Waals surface area contributed by atoms with E-state index in [1.54, 1.807) is 0 Å². The van der Waals surface area contributed by atoms with Gasteiger partial charge in [-0.1, -0.05) is 90.2 Å². The Bertz CT molecular complexity index is 1460. The van der Waals surface area contributed by atoms with Crippen molar-refractivity contribution in [1.82, 2.24) is 10.6 Å². The molecule has 2 saturated heterocycles. The number of unbranched alkanes of at least 4 members (excludes halogenated alkanes) is 6. The molecule has 2 aliphatic heterocycles. The smallest absolute Gasteiger partial charge is 0.455 e. The van der Waals surface area contributed by atoms with Gasteiger partial charge in [-0.25, -0.2) is 4.79 Å². The molecule has 0 spiro atoms. The molecule has 2 aromatic rings. The molecule has 0 radical (unpaired) electrons. The number of carbonyl (C=O) groups is 1. The number of rotatable bonds is 16. The van der Waals surface area contributed by atoms with E-state index in [0.717, 1.165) is 88.8 Å². The largest absolute Gasteiger partial charge is 0.514 e. The SMILES string of the molecule is CCCCCCC(OC(=O)OC(CCCCCC)Oc1ccc2c(c1)[C@@]13CCCC[C@H]1[C@@H](C2)NCC3)Oc1ccc2c(c1)[C@@]13CCCC[C@H]1[C@@H](C2)NCC3. The number of hydrogen-bond donors (Lipinski definition) is 2. The van der Waals surface area contributed by atoms with Crippen LogP contribution in [-0.2, 0) is 33.1 Å². The fraction of sp³-hybridized carbons (Fsp3) is 0.723. The normalized spacial score (nSPS) is 30.4. The average Bonchev–Trinajstić information content (AvgIpc) is 3.18.